The van der Waals surface area contributed by atoms with Crippen molar-refractivity contribution >= 4 is 34.9 Å². The van der Waals surface area contributed by atoms with Crippen molar-refractivity contribution < 1.29 is 27.5 Å². The van der Waals surface area contributed by atoms with Crippen LogP contribution >= 0.6 is 0 Å². The van der Waals surface area contributed by atoms with Crippen LogP contribution in [0.1, 0.15) is 54.3 Å². The normalized spacial score (nSPS) is 13.8. The summed E-state index contributed by atoms with van der Waals surface area (Å²) in [5.41, 5.74) is -2.61. The van der Waals surface area contributed by atoms with E-state index in [1.807, 2.05) is 39.8 Å². The molecular weight excluding hydrogens is 503 g/mol. The first kappa shape index (κ1) is 26.9. The summed E-state index contributed by atoms with van der Waals surface area (Å²) in [6, 6.07) is 5.12. The number of carbonyl (C=O) groups is 1. The van der Waals surface area contributed by atoms with Crippen molar-refractivity contribution in [1.82, 2.24) is 14.9 Å². The van der Waals surface area contributed by atoms with Gasteiger partial charge >= 0.3 is 6.18 Å². The largest absolute Gasteiger partial charge is 0.505 e. The molecule has 0 saturated carbocycles. The number of hydrogen-bond acceptors (Lipinski definition) is 9. The third kappa shape index (κ3) is 5.27. The maximum Gasteiger partial charge on any atom is 0.417 e. The summed E-state index contributed by atoms with van der Waals surface area (Å²) in [5, 5.41) is 23.2. The minimum Gasteiger partial charge on any atom is -0.505 e. The Hall–Kier alpha value is -4.16. The van der Waals surface area contributed by atoms with Gasteiger partial charge in [-0.3, -0.25) is 4.79 Å². The van der Waals surface area contributed by atoms with Gasteiger partial charge in [-0.25, -0.2) is 9.97 Å². The zero-order valence-corrected chi connectivity index (χ0v) is 21.8. The average Bonchev–Trinajstić information content (AvgIpc) is 3.44. The Kier molecular flexibility index (Phi) is 6.80. The lowest BCUT2D eigenvalue weighted by atomic mass is 9.85. The molecule has 3 heterocycles. The molecular formula is C25H30F3N7O3. The summed E-state index contributed by atoms with van der Waals surface area (Å²) in [4.78, 5) is 22.8. The number of aryl methyl sites for hydroxylation is 1. The smallest absolute Gasteiger partial charge is 0.417 e. The molecule has 38 heavy (non-hydrogen) atoms. The number of aromatic hydroxyl groups is 1. The Morgan fingerprint density at radius 2 is 1.71 bits per heavy atom. The molecule has 3 aromatic rings. The van der Waals surface area contributed by atoms with Crippen molar-refractivity contribution in [2.75, 3.05) is 42.0 Å². The van der Waals surface area contributed by atoms with Gasteiger partial charge < -0.3 is 35.7 Å². The second-order valence-corrected chi connectivity index (χ2v) is 10.2. The molecule has 0 spiro atoms. The van der Waals surface area contributed by atoms with E-state index in [0.29, 0.717) is 24.1 Å². The number of nitrogens with zero attached hydrogens (tertiary/aromatic N) is 3. The molecule has 0 radical (unpaired) electrons. The molecule has 4 rings (SSSR count). The summed E-state index contributed by atoms with van der Waals surface area (Å²) >= 11 is 0. The van der Waals surface area contributed by atoms with E-state index in [1.54, 1.807) is 0 Å². The molecule has 1 aliphatic rings. The van der Waals surface area contributed by atoms with E-state index in [-0.39, 0.29) is 28.8 Å². The Morgan fingerprint density at radius 3 is 2.24 bits per heavy atom. The molecule has 1 amide bonds. The standard InChI is InChI=1S/C25H30F3N7O3/c1-12-7-10-15(38-12)18(24(2,3)4)32-22-21(33-19-20(34-22)30-11-29-19)31-14-9-8-13(25(26,27)28)16(17(14)36)23(37)35(5)6/h7-10,18,36H,11H2,1-6H3,(H2,29,31,33)(H2,30,32,34)/t18-/m0/s1. The lowest BCUT2D eigenvalue weighted by molar-refractivity contribution is -0.138. The number of hydrogen-bond donors (Lipinski definition) is 5. The molecule has 204 valence electrons. The van der Waals surface area contributed by atoms with Crippen molar-refractivity contribution in [3.8, 4) is 5.75 Å². The van der Waals surface area contributed by atoms with E-state index in [4.69, 9.17) is 4.42 Å². The van der Waals surface area contributed by atoms with Gasteiger partial charge in [0.15, 0.2) is 29.0 Å². The highest BCUT2D eigenvalue weighted by molar-refractivity contribution is 6.00. The minimum atomic E-state index is -4.85. The number of nitrogens with one attached hydrogen (secondary N) is 4. The number of alkyl halides is 3. The molecule has 0 aliphatic carbocycles. The van der Waals surface area contributed by atoms with Crippen LogP contribution in [0.4, 0.5) is 42.1 Å². The number of rotatable bonds is 6. The molecule has 1 aromatic carbocycles. The fraction of sp³-hybridized carbons (Fsp3) is 0.400. The quantitative estimate of drug-likeness (QED) is 0.259. The molecule has 1 aliphatic heterocycles. The molecule has 2 aromatic heterocycles. The highest BCUT2D eigenvalue weighted by Crippen LogP contribution is 2.43. The van der Waals surface area contributed by atoms with Crippen LogP contribution < -0.4 is 21.3 Å². The van der Waals surface area contributed by atoms with Crippen molar-refractivity contribution in [2.45, 2.75) is 39.9 Å². The zero-order chi connectivity index (χ0) is 28.0. The predicted molar refractivity (Wildman–Crippen MR) is 138 cm³/mol. The van der Waals surface area contributed by atoms with E-state index in [9.17, 15) is 23.1 Å². The Labute approximate surface area is 217 Å². The third-order valence-electron chi connectivity index (χ3n) is 5.96. The van der Waals surface area contributed by atoms with Crippen molar-refractivity contribution in [1.29, 1.82) is 0 Å². The lowest BCUT2D eigenvalue weighted by Gasteiger charge is -2.31. The molecule has 5 N–H and O–H groups in total. The molecule has 0 saturated heterocycles. The number of aromatic nitrogens is 2. The van der Waals surface area contributed by atoms with Crippen LogP contribution in [0.25, 0.3) is 0 Å². The number of phenolic OH excluding ortho intramolecular Hbond substituents is 1. The summed E-state index contributed by atoms with van der Waals surface area (Å²) in [5.74, 6) is 0.801. The molecule has 1 atom stereocenters. The summed E-state index contributed by atoms with van der Waals surface area (Å²) in [7, 11) is 2.61. The van der Waals surface area contributed by atoms with Gasteiger partial charge in [0.1, 0.15) is 11.5 Å². The van der Waals surface area contributed by atoms with Crippen molar-refractivity contribution in [3.05, 3.63) is 46.9 Å². The molecule has 13 heteroatoms. The van der Waals surface area contributed by atoms with E-state index >= 15 is 0 Å². The minimum absolute atomic E-state index is 0.121. The number of amides is 1. The van der Waals surface area contributed by atoms with Crippen LogP contribution in [0.15, 0.2) is 28.7 Å². The molecule has 0 fully saturated rings. The summed E-state index contributed by atoms with van der Waals surface area (Å²) < 4.78 is 46.9. The number of fused-ring (bicyclic) bond motifs is 1. The Balaban J connectivity index is 1.81. The summed E-state index contributed by atoms with van der Waals surface area (Å²) in [6.45, 7) is 8.25. The SMILES string of the molecule is Cc1ccc([C@H](Nc2nc3c(nc2Nc2ccc(C(F)(F)F)c(C(=O)N(C)C)c2O)NCN3)C(C)(C)C)o1. The van der Waals surface area contributed by atoms with E-state index in [2.05, 4.69) is 31.2 Å². The van der Waals surface area contributed by atoms with Crippen molar-refractivity contribution in [2.24, 2.45) is 5.41 Å². The first-order valence-corrected chi connectivity index (χ1v) is 11.8. The maximum absolute atomic E-state index is 13.7. The molecule has 0 unspecified atom stereocenters. The highest BCUT2D eigenvalue weighted by Gasteiger charge is 2.38. The van der Waals surface area contributed by atoms with Crippen LogP contribution in [0.3, 0.4) is 0 Å². The van der Waals surface area contributed by atoms with Gasteiger partial charge in [0.25, 0.3) is 5.91 Å². The lowest BCUT2D eigenvalue weighted by Crippen LogP contribution is -2.26. The number of halogens is 3. The first-order chi connectivity index (χ1) is 17.7. The van der Waals surface area contributed by atoms with Crippen LogP contribution in [-0.4, -0.2) is 46.6 Å². The fourth-order valence-corrected chi connectivity index (χ4v) is 4.04. The van der Waals surface area contributed by atoms with Crippen LogP contribution in [0.5, 0.6) is 5.75 Å². The topological polar surface area (TPSA) is 128 Å². The number of phenols is 1. The highest BCUT2D eigenvalue weighted by atomic mass is 19.4. The van der Waals surface area contributed by atoms with Gasteiger partial charge in [-0.2, -0.15) is 13.2 Å². The Morgan fingerprint density at radius 1 is 1.08 bits per heavy atom. The second kappa shape index (κ2) is 9.62. The number of anilines is 5. The summed E-state index contributed by atoms with van der Waals surface area (Å²) in [6.07, 6.45) is -4.85. The fourth-order valence-electron chi connectivity index (χ4n) is 4.04. The van der Waals surface area contributed by atoms with Gasteiger partial charge in [-0.1, -0.05) is 20.8 Å². The predicted octanol–water partition coefficient (Wildman–Crippen LogP) is 5.54. The van der Waals surface area contributed by atoms with Gasteiger partial charge in [0.05, 0.1) is 29.5 Å². The zero-order valence-electron chi connectivity index (χ0n) is 21.8. The van der Waals surface area contributed by atoms with Crippen LogP contribution in [0, 0.1) is 12.3 Å². The van der Waals surface area contributed by atoms with E-state index in [0.717, 1.165) is 22.8 Å². The van der Waals surface area contributed by atoms with Gasteiger partial charge in [-0.05, 0) is 36.6 Å². The number of furan rings is 1. The molecule has 0 bridgehead atoms. The van der Waals surface area contributed by atoms with Crippen LogP contribution in [0.2, 0.25) is 0 Å². The second-order valence-electron chi connectivity index (χ2n) is 10.2. The van der Waals surface area contributed by atoms with E-state index < -0.39 is 29.0 Å². The average molecular weight is 534 g/mol. The third-order valence-corrected chi connectivity index (χ3v) is 5.96. The Bertz CT molecular complexity index is 1360. The van der Waals surface area contributed by atoms with E-state index in [1.165, 1.54) is 14.1 Å². The number of benzene rings is 1. The number of carbonyl (C=O) groups excluding carboxylic acids is 1. The monoisotopic (exact) mass is 533 g/mol. The van der Waals surface area contributed by atoms with Gasteiger partial charge in [-0.15, -0.1) is 0 Å². The van der Waals surface area contributed by atoms with Crippen molar-refractivity contribution in [3.63, 3.8) is 0 Å². The first-order valence-electron chi connectivity index (χ1n) is 11.8. The van der Waals surface area contributed by atoms with Gasteiger partial charge in [0, 0.05) is 14.1 Å². The van der Waals surface area contributed by atoms with Crippen LogP contribution in [-0.2, 0) is 6.18 Å². The molecule has 10 nitrogen and oxygen atoms in total. The maximum atomic E-state index is 13.7. The van der Waals surface area contributed by atoms with Gasteiger partial charge in [0.2, 0.25) is 0 Å².